The van der Waals surface area contributed by atoms with Crippen LogP contribution in [-0.4, -0.2) is 49.4 Å². The van der Waals surface area contributed by atoms with Gasteiger partial charge in [0, 0.05) is 5.69 Å². The van der Waals surface area contributed by atoms with Gasteiger partial charge >= 0.3 is 6.09 Å². The summed E-state index contributed by atoms with van der Waals surface area (Å²) in [5.74, 6) is 0. The van der Waals surface area contributed by atoms with Gasteiger partial charge in [-0.25, -0.2) is 9.59 Å². The van der Waals surface area contributed by atoms with Gasteiger partial charge in [0.05, 0.1) is 25.3 Å². The largest absolute Gasteiger partial charge is 0.443 e. The summed E-state index contributed by atoms with van der Waals surface area (Å²) in [5.41, 5.74) is 3.53. The molecule has 29 heavy (non-hydrogen) atoms. The second kappa shape index (κ2) is 11.1. The van der Waals surface area contributed by atoms with Crippen LogP contribution in [-0.2, 0) is 16.0 Å². The molecule has 0 bridgehead atoms. The van der Waals surface area contributed by atoms with Crippen LogP contribution in [0, 0.1) is 0 Å². The third kappa shape index (κ3) is 6.86. The molecule has 0 aliphatic rings. The van der Waals surface area contributed by atoms with Gasteiger partial charge in [0.25, 0.3) is 0 Å². The fraction of sp³-hybridized carbons (Fsp3) is 0.391. The van der Waals surface area contributed by atoms with Crippen LogP contribution in [0.15, 0.2) is 53.5 Å². The summed E-state index contributed by atoms with van der Waals surface area (Å²) < 4.78 is 6.31. The highest BCUT2D eigenvalue weighted by Gasteiger charge is 2.20. The SMILES string of the molecule is CC[N+](CC)(CC)CCOC(=O)Nc1ccc(Cc2ccc(N=C=O)cc2)cc1. The summed E-state index contributed by atoms with van der Waals surface area (Å²) in [7, 11) is 0. The van der Waals surface area contributed by atoms with Crippen LogP contribution in [0.25, 0.3) is 0 Å². The van der Waals surface area contributed by atoms with Crippen molar-refractivity contribution in [2.24, 2.45) is 4.99 Å². The molecule has 6 heteroatoms. The summed E-state index contributed by atoms with van der Waals surface area (Å²) in [6, 6.07) is 15.1. The maximum absolute atomic E-state index is 12.0. The van der Waals surface area contributed by atoms with E-state index in [1.165, 1.54) is 6.08 Å². The minimum absolute atomic E-state index is 0.406. The summed E-state index contributed by atoms with van der Waals surface area (Å²) in [6.45, 7) is 10.8. The number of amides is 1. The maximum Gasteiger partial charge on any atom is 0.411 e. The van der Waals surface area contributed by atoms with Gasteiger partial charge in [-0.05, 0) is 62.6 Å². The van der Waals surface area contributed by atoms with Crippen molar-refractivity contribution in [1.29, 1.82) is 0 Å². The van der Waals surface area contributed by atoms with Gasteiger partial charge in [-0.3, -0.25) is 5.32 Å². The van der Waals surface area contributed by atoms with Gasteiger partial charge in [-0.1, -0.05) is 24.3 Å². The maximum atomic E-state index is 12.0. The third-order valence-corrected chi connectivity index (χ3v) is 5.53. The van der Waals surface area contributed by atoms with E-state index < -0.39 is 6.09 Å². The summed E-state index contributed by atoms with van der Waals surface area (Å²) in [5, 5.41) is 2.78. The fourth-order valence-corrected chi connectivity index (χ4v) is 3.31. The Kier molecular flexibility index (Phi) is 8.59. The Morgan fingerprint density at radius 2 is 1.52 bits per heavy atom. The van der Waals surface area contributed by atoms with E-state index in [1.807, 2.05) is 36.4 Å². The standard InChI is InChI=1S/C23H29N3O3/c1-4-26(5-2,6-3)15-16-29-23(28)25-22-13-9-20(10-14-22)17-19-7-11-21(12-8-19)24-18-27/h7-14H,4-6,15-17H2,1-3H3/p+1. The molecule has 0 aromatic heterocycles. The highest BCUT2D eigenvalue weighted by molar-refractivity contribution is 5.84. The van der Waals surface area contributed by atoms with Crippen LogP contribution >= 0.6 is 0 Å². The van der Waals surface area contributed by atoms with Crippen molar-refractivity contribution >= 4 is 23.5 Å². The van der Waals surface area contributed by atoms with E-state index in [4.69, 9.17) is 4.74 Å². The summed E-state index contributed by atoms with van der Waals surface area (Å²) in [6.07, 6.45) is 1.86. The predicted octanol–water partition coefficient (Wildman–Crippen LogP) is 4.67. The van der Waals surface area contributed by atoms with E-state index >= 15 is 0 Å². The Hall–Kier alpha value is -2.95. The number of likely N-dealkylation sites (N-methyl/N-ethyl adjacent to an activating group) is 1. The first-order valence-corrected chi connectivity index (χ1v) is 10.1. The smallest absolute Gasteiger partial charge is 0.411 e. The number of ether oxygens (including phenoxy) is 1. The van der Waals surface area contributed by atoms with Gasteiger partial charge in [0.1, 0.15) is 13.2 Å². The second-order valence-corrected chi connectivity index (χ2v) is 7.02. The molecule has 0 radical (unpaired) electrons. The minimum atomic E-state index is -0.425. The quantitative estimate of drug-likeness (QED) is 0.360. The number of carbonyl (C=O) groups is 1. The molecule has 0 aliphatic carbocycles. The predicted molar refractivity (Wildman–Crippen MR) is 115 cm³/mol. The minimum Gasteiger partial charge on any atom is -0.443 e. The normalized spacial score (nSPS) is 10.9. The van der Waals surface area contributed by atoms with Crippen molar-refractivity contribution in [3.63, 3.8) is 0 Å². The zero-order valence-electron chi connectivity index (χ0n) is 17.5. The van der Waals surface area contributed by atoms with Crippen LogP contribution < -0.4 is 5.32 Å². The van der Waals surface area contributed by atoms with E-state index in [-0.39, 0.29) is 0 Å². The molecule has 0 atom stereocenters. The monoisotopic (exact) mass is 396 g/mol. The number of benzene rings is 2. The number of quaternary nitrogens is 1. The van der Waals surface area contributed by atoms with Crippen molar-refractivity contribution in [3.8, 4) is 0 Å². The lowest BCUT2D eigenvalue weighted by Crippen LogP contribution is -2.49. The molecular formula is C23H30N3O3+. The Balaban J connectivity index is 1.83. The van der Waals surface area contributed by atoms with Gasteiger partial charge in [-0.15, -0.1) is 0 Å². The number of nitrogens with one attached hydrogen (secondary N) is 1. The first kappa shape index (κ1) is 22.3. The zero-order chi connectivity index (χ0) is 21.1. The van der Waals surface area contributed by atoms with Crippen molar-refractivity contribution in [3.05, 3.63) is 59.7 Å². The molecular weight excluding hydrogens is 366 g/mol. The first-order chi connectivity index (χ1) is 14.0. The lowest BCUT2D eigenvalue weighted by atomic mass is 10.0. The first-order valence-electron chi connectivity index (χ1n) is 10.1. The van der Waals surface area contributed by atoms with Crippen molar-refractivity contribution in [1.82, 2.24) is 0 Å². The number of hydrogen-bond acceptors (Lipinski definition) is 4. The topological polar surface area (TPSA) is 67.8 Å². The van der Waals surface area contributed by atoms with Crippen LogP contribution in [0.1, 0.15) is 31.9 Å². The zero-order valence-corrected chi connectivity index (χ0v) is 17.5. The number of nitrogens with zero attached hydrogens (tertiary/aromatic N) is 2. The van der Waals surface area contributed by atoms with Crippen molar-refractivity contribution < 1.29 is 18.8 Å². The number of hydrogen-bond donors (Lipinski definition) is 1. The Morgan fingerprint density at radius 1 is 0.966 bits per heavy atom. The molecule has 1 amide bonds. The third-order valence-electron chi connectivity index (χ3n) is 5.53. The molecule has 1 N–H and O–H groups in total. The van der Waals surface area contributed by atoms with Gasteiger partial charge in [-0.2, -0.15) is 4.99 Å². The molecule has 0 spiro atoms. The Bertz CT molecular complexity index is 813. The van der Waals surface area contributed by atoms with Crippen LogP contribution in [0.2, 0.25) is 0 Å². The highest BCUT2D eigenvalue weighted by atomic mass is 16.5. The molecule has 2 aromatic rings. The van der Waals surface area contributed by atoms with E-state index in [0.29, 0.717) is 18.0 Å². The Morgan fingerprint density at radius 3 is 2.03 bits per heavy atom. The van der Waals surface area contributed by atoms with Gasteiger partial charge < -0.3 is 9.22 Å². The average molecular weight is 397 g/mol. The fourth-order valence-electron chi connectivity index (χ4n) is 3.31. The Labute approximate surface area is 172 Å². The van der Waals surface area contributed by atoms with Crippen LogP contribution in [0.3, 0.4) is 0 Å². The van der Waals surface area contributed by atoms with Gasteiger partial charge in [0.2, 0.25) is 6.08 Å². The van der Waals surface area contributed by atoms with E-state index in [2.05, 4.69) is 31.1 Å². The molecule has 154 valence electrons. The number of aliphatic imine (C=N–C) groups is 1. The molecule has 0 unspecified atom stereocenters. The van der Waals surface area contributed by atoms with Crippen molar-refractivity contribution in [2.75, 3.05) is 38.1 Å². The number of rotatable bonds is 10. The van der Waals surface area contributed by atoms with Crippen LogP contribution in [0.5, 0.6) is 0 Å². The average Bonchev–Trinajstić information content (AvgIpc) is 2.75. The highest BCUT2D eigenvalue weighted by Crippen LogP contribution is 2.17. The second-order valence-electron chi connectivity index (χ2n) is 7.02. The van der Waals surface area contributed by atoms with Crippen molar-refractivity contribution in [2.45, 2.75) is 27.2 Å². The van der Waals surface area contributed by atoms with E-state index in [1.54, 1.807) is 12.1 Å². The molecule has 0 aliphatic heterocycles. The van der Waals surface area contributed by atoms with E-state index in [0.717, 1.165) is 48.2 Å². The number of isocyanates is 1. The lowest BCUT2D eigenvalue weighted by molar-refractivity contribution is -0.923. The van der Waals surface area contributed by atoms with E-state index in [9.17, 15) is 9.59 Å². The molecule has 2 aromatic carbocycles. The molecule has 0 saturated heterocycles. The van der Waals surface area contributed by atoms with Crippen LogP contribution in [0.4, 0.5) is 16.2 Å². The van der Waals surface area contributed by atoms with Gasteiger partial charge in [0.15, 0.2) is 0 Å². The summed E-state index contributed by atoms with van der Waals surface area (Å²) >= 11 is 0. The lowest BCUT2D eigenvalue weighted by Gasteiger charge is -2.35. The number of anilines is 1. The molecule has 0 heterocycles. The number of carbonyl (C=O) groups excluding carboxylic acids is 2. The molecule has 2 rings (SSSR count). The molecule has 0 fully saturated rings. The molecule has 0 saturated carbocycles. The molecule has 6 nitrogen and oxygen atoms in total. The summed E-state index contributed by atoms with van der Waals surface area (Å²) in [4.78, 5) is 25.9.